The largest absolute Gasteiger partial charge is 0.469 e. The fourth-order valence-electron chi connectivity index (χ4n) is 2.34. The van der Waals surface area contributed by atoms with E-state index in [9.17, 15) is 4.79 Å². The summed E-state index contributed by atoms with van der Waals surface area (Å²) in [4.78, 5) is 11.9. The molecule has 112 valence electrons. The van der Waals surface area contributed by atoms with Crippen LogP contribution in [0.4, 0.5) is 0 Å². The van der Waals surface area contributed by atoms with Gasteiger partial charge in [0.25, 0.3) is 0 Å². The van der Waals surface area contributed by atoms with Crippen molar-refractivity contribution in [2.24, 2.45) is 5.41 Å². The molecule has 0 aromatic heterocycles. The fourth-order valence-corrected chi connectivity index (χ4v) is 2.34. The van der Waals surface area contributed by atoms with Gasteiger partial charge < -0.3 is 14.2 Å². The second-order valence-electron chi connectivity index (χ2n) is 5.37. The van der Waals surface area contributed by atoms with Crippen LogP contribution in [-0.2, 0) is 25.6 Å². The van der Waals surface area contributed by atoms with E-state index >= 15 is 0 Å². The lowest BCUT2D eigenvalue weighted by atomic mass is 9.83. The molecule has 1 aromatic rings. The minimum Gasteiger partial charge on any atom is -0.469 e. The summed E-state index contributed by atoms with van der Waals surface area (Å²) in [7, 11) is 2.96. The lowest BCUT2D eigenvalue weighted by molar-refractivity contribution is -0.168. The minimum atomic E-state index is -0.764. The highest BCUT2D eigenvalue weighted by atomic mass is 16.5. The van der Waals surface area contributed by atoms with E-state index < -0.39 is 5.41 Å². The second kappa shape index (κ2) is 7.41. The van der Waals surface area contributed by atoms with Gasteiger partial charge in [-0.25, -0.2) is 0 Å². The first-order valence-electron chi connectivity index (χ1n) is 6.70. The molecule has 0 aliphatic carbocycles. The zero-order chi connectivity index (χ0) is 15.2. The van der Waals surface area contributed by atoms with E-state index in [1.807, 2.05) is 37.3 Å². The Kier molecular flexibility index (Phi) is 6.17. The quantitative estimate of drug-likeness (QED) is 0.720. The van der Waals surface area contributed by atoms with Crippen LogP contribution in [0.15, 0.2) is 30.3 Å². The molecule has 0 saturated carbocycles. The average Bonchev–Trinajstić information content (AvgIpc) is 2.45. The van der Waals surface area contributed by atoms with E-state index in [1.54, 1.807) is 21.0 Å². The highest BCUT2D eigenvalue weighted by Gasteiger charge is 2.41. The van der Waals surface area contributed by atoms with Crippen molar-refractivity contribution in [3.63, 3.8) is 0 Å². The van der Waals surface area contributed by atoms with Gasteiger partial charge in [-0.3, -0.25) is 4.79 Å². The zero-order valence-corrected chi connectivity index (χ0v) is 12.9. The number of rotatable bonds is 7. The number of carbonyl (C=O) groups excluding carboxylic acids is 1. The molecule has 0 radical (unpaired) electrons. The maximum atomic E-state index is 11.9. The van der Waals surface area contributed by atoms with Crippen molar-refractivity contribution < 1.29 is 19.0 Å². The molecule has 4 heteroatoms. The van der Waals surface area contributed by atoms with Gasteiger partial charge in [-0.15, -0.1) is 0 Å². The van der Waals surface area contributed by atoms with Crippen molar-refractivity contribution in [2.45, 2.75) is 39.6 Å². The molecule has 0 saturated heterocycles. The molecule has 1 rings (SSSR count). The summed E-state index contributed by atoms with van der Waals surface area (Å²) in [5, 5.41) is 0. The van der Waals surface area contributed by atoms with Gasteiger partial charge >= 0.3 is 5.97 Å². The summed E-state index contributed by atoms with van der Waals surface area (Å²) >= 11 is 0. The Morgan fingerprint density at radius 2 is 1.80 bits per heavy atom. The van der Waals surface area contributed by atoms with Crippen LogP contribution >= 0.6 is 0 Å². The van der Waals surface area contributed by atoms with E-state index in [-0.39, 0.29) is 18.2 Å². The molecular weight excluding hydrogens is 256 g/mol. The molecule has 0 fully saturated rings. The molecule has 0 aliphatic heterocycles. The van der Waals surface area contributed by atoms with E-state index in [4.69, 9.17) is 14.2 Å². The molecule has 0 unspecified atom stereocenters. The highest BCUT2D eigenvalue weighted by Crippen LogP contribution is 2.28. The Morgan fingerprint density at radius 3 is 2.30 bits per heavy atom. The number of methoxy groups -OCH3 is 2. The van der Waals surface area contributed by atoms with Crippen LogP contribution in [0.1, 0.15) is 26.3 Å². The van der Waals surface area contributed by atoms with Crippen molar-refractivity contribution >= 4 is 5.97 Å². The van der Waals surface area contributed by atoms with Gasteiger partial charge in [-0.05, 0) is 26.3 Å². The van der Waals surface area contributed by atoms with Crippen molar-refractivity contribution in [1.29, 1.82) is 0 Å². The van der Waals surface area contributed by atoms with Gasteiger partial charge in [0.15, 0.2) is 0 Å². The maximum absolute atomic E-state index is 11.9. The third-order valence-corrected chi connectivity index (χ3v) is 3.46. The van der Waals surface area contributed by atoms with E-state index in [0.717, 1.165) is 5.56 Å². The molecule has 0 N–H and O–H groups in total. The third-order valence-electron chi connectivity index (χ3n) is 3.46. The van der Waals surface area contributed by atoms with Crippen molar-refractivity contribution in [3.8, 4) is 0 Å². The minimum absolute atomic E-state index is 0.227. The van der Waals surface area contributed by atoms with Gasteiger partial charge in [0, 0.05) is 7.11 Å². The Labute approximate surface area is 121 Å². The maximum Gasteiger partial charge on any atom is 0.313 e. The number of benzene rings is 1. The molecule has 2 atom stereocenters. The Hall–Kier alpha value is -1.39. The number of hydrogen-bond acceptors (Lipinski definition) is 4. The van der Waals surface area contributed by atoms with Crippen molar-refractivity contribution in [1.82, 2.24) is 0 Å². The summed E-state index contributed by atoms with van der Waals surface area (Å²) in [5.41, 5.74) is 0.324. The molecular formula is C16H24O4. The first-order valence-corrected chi connectivity index (χ1v) is 6.70. The molecule has 20 heavy (non-hydrogen) atoms. The summed E-state index contributed by atoms with van der Waals surface area (Å²) in [6.07, 6.45) is -0.604. The summed E-state index contributed by atoms with van der Waals surface area (Å²) in [6, 6.07) is 9.90. The highest BCUT2D eigenvalue weighted by molar-refractivity contribution is 5.76. The lowest BCUT2D eigenvalue weighted by Crippen LogP contribution is -2.46. The van der Waals surface area contributed by atoms with Crippen LogP contribution in [0.2, 0.25) is 0 Å². The van der Waals surface area contributed by atoms with Gasteiger partial charge in [-0.1, -0.05) is 30.3 Å². The van der Waals surface area contributed by atoms with E-state index in [0.29, 0.717) is 6.61 Å². The standard InChI is InChI=1S/C16H24O4/c1-12(20-11-13-9-7-6-8-10-13)14(18-4)16(2,3)15(17)19-5/h6-10,12,14H,11H2,1-5H3/t12-,14-/m1/s1. The van der Waals surface area contributed by atoms with Crippen LogP contribution in [0.25, 0.3) is 0 Å². The first-order chi connectivity index (χ1) is 9.43. The van der Waals surface area contributed by atoms with Crippen LogP contribution in [-0.4, -0.2) is 32.4 Å². The molecule has 0 amide bonds. The van der Waals surface area contributed by atoms with Gasteiger partial charge in [-0.2, -0.15) is 0 Å². The molecule has 0 spiro atoms. The van der Waals surface area contributed by atoms with E-state index in [1.165, 1.54) is 7.11 Å². The van der Waals surface area contributed by atoms with Gasteiger partial charge in [0.1, 0.15) is 0 Å². The molecule has 0 aliphatic rings. The monoisotopic (exact) mass is 280 g/mol. The van der Waals surface area contributed by atoms with Crippen LogP contribution < -0.4 is 0 Å². The second-order valence-corrected chi connectivity index (χ2v) is 5.37. The predicted molar refractivity (Wildman–Crippen MR) is 77.3 cm³/mol. The summed E-state index contributed by atoms with van der Waals surface area (Å²) in [5.74, 6) is -0.306. The predicted octanol–water partition coefficient (Wildman–Crippen LogP) is 2.81. The smallest absolute Gasteiger partial charge is 0.313 e. The van der Waals surface area contributed by atoms with Crippen LogP contribution in [0, 0.1) is 5.41 Å². The number of ether oxygens (including phenoxy) is 3. The molecule has 1 aromatic carbocycles. The summed E-state index contributed by atoms with van der Waals surface area (Å²) < 4.78 is 16.1. The first kappa shape index (κ1) is 16.7. The Morgan fingerprint density at radius 1 is 1.20 bits per heavy atom. The van der Waals surface area contributed by atoms with Crippen LogP contribution in [0.5, 0.6) is 0 Å². The number of esters is 1. The van der Waals surface area contributed by atoms with Gasteiger partial charge in [0.2, 0.25) is 0 Å². The normalized spacial score (nSPS) is 14.7. The van der Waals surface area contributed by atoms with E-state index in [2.05, 4.69) is 0 Å². The Bertz CT molecular complexity index is 414. The number of hydrogen-bond donors (Lipinski definition) is 0. The molecule has 0 heterocycles. The molecule has 4 nitrogen and oxygen atoms in total. The Balaban J connectivity index is 2.67. The fraction of sp³-hybridized carbons (Fsp3) is 0.562. The topological polar surface area (TPSA) is 44.8 Å². The van der Waals surface area contributed by atoms with Crippen LogP contribution in [0.3, 0.4) is 0 Å². The summed E-state index contributed by atoms with van der Waals surface area (Å²) in [6.45, 7) is 5.99. The van der Waals surface area contributed by atoms with Crippen molar-refractivity contribution in [3.05, 3.63) is 35.9 Å². The van der Waals surface area contributed by atoms with Gasteiger partial charge in [0.05, 0.1) is 31.3 Å². The zero-order valence-electron chi connectivity index (χ0n) is 12.9. The average molecular weight is 280 g/mol. The number of carbonyl (C=O) groups is 1. The lowest BCUT2D eigenvalue weighted by Gasteiger charge is -2.34. The molecule has 0 bridgehead atoms. The SMILES string of the molecule is COC(=O)C(C)(C)[C@H](OC)[C@@H](C)OCc1ccccc1. The third kappa shape index (κ3) is 4.05. The van der Waals surface area contributed by atoms with Crippen molar-refractivity contribution in [2.75, 3.05) is 14.2 Å².